The van der Waals surface area contributed by atoms with Crippen LogP contribution in [0.2, 0.25) is 0 Å². The lowest BCUT2D eigenvalue weighted by atomic mass is 10.1. The molecular weight excluding hydrogens is 335 g/mol. The molecule has 1 aromatic heterocycles. The molecule has 8 heteroatoms. The van der Waals surface area contributed by atoms with Crippen LogP contribution in [-0.4, -0.2) is 36.5 Å². The maximum Gasteiger partial charge on any atom is 0.343 e. The van der Waals surface area contributed by atoms with Gasteiger partial charge in [0, 0.05) is 12.1 Å². The van der Waals surface area contributed by atoms with Crippen molar-refractivity contribution in [2.24, 2.45) is 0 Å². The SMILES string of the molecule is CCOC(=O)c1c(-c2ccccc2F)nn2c1S(=O)(=O)CCCC2. The number of sulfone groups is 1. The first-order valence-corrected chi connectivity index (χ1v) is 9.36. The van der Waals surface area contributed by atoms with Crippen molar-refractivity contribution >= 4 is 15.8 Å². The minimum absolute atomic E-state index is 0.00650. The molecule has 0 spiro atoms. The summed E-state index contributed by atoms with van der Waals surface area (Å²) in [6.07, 6.45) is 1.11. The van der Waals surface area contributed by atoms with Crippen molar-refractivity contribution in [2.75, 3.05) is 12.4 Å². The van der Waals surface area contributed by atoms with E-state index in [2.05, 4.69) is 5.10 Å². The minimum Gasteiger partial charge on any atom is -0.462 e. The Hall–Kier alpha value is -2.22. The lowest BCUT2D eigenvalue weighted by molar-refractivity contribution is 0.0522. The molecule has 1 aromatic carbocycles. The highest BCUT2D eigenvalue weighted by atomic mass is 32.2. The Bertz CT molecular complexity index is 889. The van der Waals surface area contributed by atoms with E-state index in [9.17, 15) is 17.6 Å². The van der Waals surface area contributed by atoms with Crippen molar-refractivity contribution in [3.05, 3.63) is 35.6 Å². The number of nitrogens with zero attached hydrogens (tertiary/aromatic N) is 2. The van der Waals surface area contributed by atoms with Crippen LogP contribution in [0.15, 0.2) is 29.3 Å². The van der Waals surface area contributed by atoms with E-state index in [1.54, 1.807) is 13.0 Å². The third-order valence-corrected chi connectivity index (χ3v) is 5.67. The quantitative estimate of drug-likeness (QED) is 0.793. The van der Waals surface area contributed by atoms with Gasteiger partial charge in [0.05, 0.1) is 12.4 Å². The molecule has 0 bridgehead atoms. The van der Waals surface area contributed by atoms with Gasteiger partial charge in [0.25, 0.3) is 0 Å². The normalized spacial score (nSPS) is 16.2. The van der Waals surface area contributed by atoms with Crippen molar-refractivity contribution in [1.82, 2.24) is 9.78 Å². The number of aryl methyl sites for hydroxylation is 1. The summed E-state index contributed by atoms with van der Waals surface area (Å²) in [5, 5.41) is 4.07. The third-order valence-electron chi connectivity index (χ3n) is 3.84. The molecule has 0 atom stereocenters. The van der Waals surface area contributed by atoms with Gasteiger partial charge >= 0.3 is 5.97 Å². The second kappa shape index (κ2) is 6.35. The van der Waals surface area contributed by atoms with Gasteiger partial charge in [-0.05, 0) is 31.9 Å². The van der Waals surface area contributed by atoms with E-state index in [4.69, 9.17) is 4.74 Å². The fourth-order valence-corrected chi connectivity index (χ4v) is 4.52. The van der Waals surface area contributed by atoms with Crippen LogP contribution in [0.4, 0.5) is 4.39 Å². The number of hydrogen-bond donors (Lipinski definition) is 0. The topological polar surface area (TPSA) is 78.3 Å². The minimum atomic E-state index is -3.70. The Kier molecular flexibility index (Phi) is 4.40. The first-order chi connectivity index (χ1) is 11.5. The Morgan fingerprint density at radius 1 is 1.33 bits per heavy atom. The fourth-order valence-electron chi connectivity index (χ4n) is 2.79. The van der Waals surface area contributed by atoms with Crippen LogP contribution in [0.3, 0.4) is 0 Å². The van der Waals surface area contributed by atoms with E-state index in [0.717, 1.165) is 0 Å². The molecule has 0 saturated heterocycles. The van der Waals surface area contributed by atoms with Crippen LogP contribution in [0, 0.1) is 5.82 Å². The Balaban J connectivity index is 2.31. The predicted octanol–water partition coefficient (Wildman–Crippen LogP) is 2.43. The molecule has 0 aliphatic carbocycles. The number of esters is 1. The van der Waals surface area contributed by atoms with Crippen molar-refractivity contribution in [3.8, 4) is 11.3 Å². The van der Waals surface area contributed by atoms with Gasteiger partial charge in [-0.25, -0.2) is 17.6 Å². The second-order valence-electron chi connectivity index (χ2n) is 5.48. The molecule has 0 amide bonds. The highest BCUT2D eigenvalue weighted by Crippen LogP contribution is 2.33. The molecular formula is C16H17FN2O4S. The number of aromatic nitrogens is 2. The Labute approximate surface area is 139 Å². The highest BCUT2D eigenvalue weighted by Gasteiger charge is 2.35. The molecule has 1 aliphatic rings. The van der Waals surface area contributed by atoms with Gasteiger partial charge in [-0.2, -0.15) is 5.10 Å². The summed E-state index contributed by atoms with van der Waals surface area (Å²) in [5.74, 6) is -1.45. The summed E-state index contributed by atoms with van der Waals surface area (Å²) in [5.41, 5.74) is -0.0906. The van der Waals surface area contributed by atoms with Gasteiger partial charge in [0.2, 0.25) is 0 Å². The number of carbonyl (C=O) groups is 1. The smallest absolute Gasteiger partial charge is 0.343 e. The number of carbonyl (C=O) groups excluding carboxylic acids is 1. The van der Waals surface area contributed by atoms with Gasteiger partial charge < -0.3 is 4.74 Å². The largest absolute Gasteiger partial charge is 0.462 e. The first-order valence-electron chi connectivity index (χ1n) is 7.71. The van der Waals surface area contributed by atoms with E-state index in [1.165, 1.54) is 22.9 Å². The Morgan fingerprint density at radius 3 is 2.79 bits per heavy atom. The van der Waals surface area contributed by atoms with Crippen molar-refractivity contribution < 1.29 is 22.3 Å². The van der Waals surface area contributed by atoms with Gasteiger partial charge in [0.1, 0.15) is 17.1 Å². The van der Waals surface area contributed by atoms with Crippen molar-refractivity contribution in [1.29, 1.82) is 0 Å². The van der Waals surface area contributed by atoms with E-state index < -0.39 is 21.6 Å². The van der Waals surface area contributed by atoms with Gasteiger partial charge in [-0.1, -0.05) is 12.1 Å². The summed E-state index contributed by atoms with van der Waals surface area (Å²) in [7, 11) is -3.70. The van der Waals surface area contributed by atoms with Crippen LogP contribution in [0.5, 0.6) is 0 Å². The van der Waals surface area contributed by atoms with Crippen molar-refractivity contribution in [2.45, 2.75) is 31.3 Å². The number of rotatable bonds is 3. The van der Waals surface area contributed by atoms with Crippen LogP contribution in [-0.2, 0) is 21.1 Å². The molecule has 0 radical (unpaired) electrons. The maximum atomic E-state index is 14.2. The molecule has 2 aromatic rings. The van der Waals surface area contributed by atoms with E-state index in [0.29, 0.717) is 19.4 Å². The average molecular weight is 352 g/mol. The van der Waals surface area contributed by atoms with Gasteiger partial charge in [-0.3, -0.25) is 4.68 Å². The molecule has 6 nitrogen and oxygen atoms in total. The summed E-state index contributed by atoms with van der Waals surface area (Å²) >= 11 is 0. The number of benzene rings is 1. The molecule has 0 unspecified atom stereocenters. The molecule has 2 heterocycles. The van der Waals surface area contributed by atoms with E-state index in [1.807, 2.05) is 0 Å². The zero-order valence-electron chi connectivity index (χ0n) is 13.2. The summed E-state index contributed by atoms with van der Waals surface area (Å²) in [6.45, 7) is 2.06. The molecule has 0 saturated carbocycles. The third kappa shape index (κ3) is 2.82. The van der Waals surface area contributed by atoms with Gasteiger partial charge in [-0.15, -0.1) is 0 Å². The summed E-state index contributed by atoms with van der Waals surface area (Å²) in [4.78, 5) is 12.4. The lowest BCUT2D eigenvalue weighted by Crippen LogP contribution is -2.15. The number of fused-ring (bicyclic) bond motifs is 1. The predicted molar refractivity (Wildman–Crippen MR) is 84.9 cm³/mol. The number of ether oxygens (including phenoxy) is 1. The summed E-state index contributed by atoms with van der Waals surface area (Å²) in [6, 6.07) is 5.82. The highest BCUT2D eigenvalue weighted by molar-refractivity contribution is 7.91. The zero-order chi connectivity index (χ0) is 17.3. The molecule has 0 N–H and O–H groups in total. The average Bonchev–Trinajstić information content (AvgIpc) is 2.86. The van der Waals surface area contributed by atoms with Gasteiger partial charge in [0.15, 0.2) is 14.9 Å². The Morgan fingerprint density at radius 2 is 2.08 bits per heavy atom. The molecule has 0 fully saturated rings. The molecule has 1 aliphatic heterocycles. The standard InChI is InChI=1S/C16H17FN2O4S/c1-2-23-16(20)13-14(11-7-3-4-8-12(11)17)18-19-9-5-6-10-24(21,22)15(13)19/h3-4,7-8H,2,5-6,9-10H2,1H3. The monoisotopic (exact) mass is 352 g/mol. The van der Waals surface area contributed by atoms with E-state index >= 15 is 0 Å². The van der Waals surface area contributed by atoms with E-state index in [-0.39, 0.29) is 34.2 Å². The van der Waals surface area contributed by atoms with Crippen LogP contribution in [0.1, 0.15) is 30.1 Å². The van der Waals surface area contributed by atoms with Crippen molar-refractivity contribution in [3.63, 3.8) is 0 Å². The molecule has 3 rings (SSSR count). The lowest BCUT2D eigenvalue weighted by Gasteiger charge is -2.07. The van der Waals surface area contributed by atoms with Crippen LogP contribution in [0.25, 0.3) is 11.3 Å². The first kappa shape index (κ1) is 16.6. The number of halogens is 1. The molecule has 128 valence electrons. The van der Waals surface area contributed by atoms with Crippen LogP contribution >= 0.6 is 0 Å². The van der Waals surface area contributed by atoms with Crippen LogP contribution < -0.4 is 0 Å². The zero-order valence-corrected chi connectivity index (χ0v) is 14.0. The molecule has 24 heavy (non-hydrogen) atoms. The maximum absolute atomic E-state index is 14.2. The summed E-state index contributed by atoms with van der Waals surface area (Å²) < 4.78 is 45.7. The second-order valence-corrected chi connectivity index (χ2v) is 7.50. The fraction of sp³-hybridized carbons (Fsp3) is 0.375. The number of hydrogen-bond acceptors (Lipinski definition) is 5.